The van der Waals surface area contributed by atoms with E-state index in [0.717, 1.165) is 24.1 Å². The third-order valence-corrected chi connectivity index (χ3v) is 4.94. The standard InChI is InChI=1S/C10H13ClN6O3S/c1-17-9(6(11)5-13-17)21(18,19)16-10-15-14-8(20-10)7-3-2-4-12-7/h5,7,12H,2-4H2,1H3,(H,15,16). The van der Waals surface area contributed by atoms with Crippen molar-refractivity contribution in [3.8, 4) is 0 Å². The number of anilines is 1. The Bertz CT molecular complexity index is 729. The van der Waals surface area contributed by atoms with E-state index in [4.69, 9.17) is 16.0 Å². The number of aromatic nitrogens is 4. The minimum Gasteiger partial charge on any atom is -0.406 e. The van der Waals surface area contributed by atoms with E-state index >= 15 is 0 Å². The summed E-state index contributed by atoms with van der Waals surface area (Å²) in [6.07, 6.45) is 3.14. The van der Waals surface area contributed by atoms with Crippen LogP contribution in [0.25, 0.3) is 0 Å². The van der Waals surface area contributed by atoms with Crippen LogP contribution in [0.5, 0.6) is 0 Å². The van der Waals surface area contributed by atoms with Crippen molar-refractivity contribution in [1.29, 1.82) is 0 Å². The number of rotatable bonds is 4. The molecule has 1 saturated heterocycles. The molecule has 1 aliphatic heterocycles. The molecule has 0 aromatic carbocycles. The molecule has 1 aliphatic rings. The van der Waals surface area contributed by atoms with Crippen molar-refractivity contribution >= 4 is 27.6 Å². The molecule has 0 spiro atoms. The molecular formula is C10H13ClN6O3S. The summed E-state index contributed by atoms with van der Waals surface area (Å²) in [5.74, 6) is 0.362. The van der Waals surface area contributed by atoms with Crippen LogP contribution in [0.1, 0.15) is 24.8 Å². The molecule has 2 aromatic heterocycles. The van der Waals surface area contributed by atoms with Gasteiger partial charge in [-0.25, -0.2) is 4.72 Å². The summed E-state index contributed by atoms with van der Waals surface area (Å²) >= 11 is 5.83. The Morgan fingerprint density at radius 2 is 2.33 bits per heavy atom. The van der Waals surface area contributed by atoms with Crippen LogP contribution in [0.15, 0.2) is 15.6 Å². The maximum atomic E-state index is 12.2. The fourth-order valence-electron chi connectivity index (χ4n) is 2.18. The largest absolute Gasteiger partial charge is 0.406 e. The topological polar surface area (TPSA) is 115 Å². The first-order chi connectivity index (χ1) is 9.97. The number of sulfonamides is 1. The van der Waals surface area contributed by atoms with Crippen molar-refractivity contribution in [1.82, 2.24) is 25.3 Å². The van der Waals surface area contributed by atoms with Gasteiger partial charge in [-0.1, -0.05) is 16.7 Å². The lowest BCUT2D eigenvalue weighted by molar-refractivity contribution is 0.439. The van der Waals surface area contributed by atoms with E-state index in [-0.39, 0.29) is 22.1 Å². The summed E-state index contributed by atoms with van der Waals surface area (Å²) in [4.78, 5) is 0. The molecule has 11 heteroatoms. The van der Waals surface area contributed by atoms with Gasteiger partial charge in [-0.15, -0.1) is 5.10 Å². The molecule has 3 rings (SSSR count). The molecule has 0 amide bonds. The zero-order chi connectivity index (χ0) is 15.0. The average Bonchev–Trinajstić information content (AvgIpc) is 3.09. The molecule has 0 bridgehead atoms. The summed E-state index contributed by atoms with van der Waals surface area (Å²) in [6.45, 7) is 0.874. The SMILES string of the molecule is Cn1ncc(Cl)c1S(=O)(=O)Nc1nnc(C2CCCN2)o1. The highest BCUT2D eigenvalue weighted by molar-refractivity contribution is 7.92. The summed E-state index contributed by atoms with van der Waals surface area (Å²) in [6, 6.07) is -0.230. The summed E-state index contributed by atoms with van der Waals surface area (Å²) in [7, 11) is -2.47. The molecule has 3 heterocycles. The lowest BCUT2D eigenvalue weighted by atomic mass is 10.2. The predicted molar refractivity (Wildman–Crippen MR) is 73.3 cm³/mol. The smallest absolute Gasteiger partial charge is 0.329 e. The Labute approximate surface area is 125 Å². The van der Waals surface area contributed by atoms with Gasteiger partial charge in [-0.05, 0) is 19.4 Å². The maximum absolute atomic E-state index is 12.2. The first-order valence-corrected chi connectivity index (χ1v) is 8.10. The molecule has 1 fully saturated rings. The normalized spacial score (nSPS) is 19.0. The fraction of sp³-hybridized carbons (Fsp3) is 0.500. The molecule has 9 nitrogen and oxygen atoms in total. The van der Waals surface area contributed by atoms with Gasteiger partial charge >= 0.3 is 6.01 Å². The van der Waals surface area contributed by atoms with E-state index < -0.39 is 10.0 Å². The highest BCUT2D eigenvalue weighted by atomic mass is 35.5. The van der Waals surface area contributed by atoms with Crippen LogP contribution in [-0.4, -0.2) is 34.9 Å². The van der Waals surface area contributed by atoms with Gasteiger partial charge in [0, 0.05) is 7.05 Å². The molecule has 0 aliphatic carbocycles. The number of halogens is 1. The average molecular weight is 333 g/mol. The van der Waals surface area contributed by atoms with Crippen LogP contribution in [-0.2, 0) is 17.1 Å². The van der Waals surface area contributed by atoms with Gasteiger partial charge in [0.2, 0.25) is 5.89 Å². The van der Waals surface area contributed by atoms with E-state index in [1.165, 1.54) is 13.2 Å². The van der Waals surface area contributed by atoms with E-state index in [1.54, 1.807) is 0 Å². The molecular weight excluding hydrogens is 320 g/mol. The van der Waals surface area contributed by atoms with Crippen LogP contribution in [0.3, 0.4) is 0 Å². The van der Waals surface area contributed by atoms with Gasteiger partial charge in [0.05, 0.1) is 17.3 Å². The minimum absolute atomic E-state index is 0.0159. The van der Waals surface area contributed by atoms with Crippen LogP contribution >= 0.6 is 11.6 Å². The Hall–Kier alpha value is -1.65. The minimum atomic E-state index is -3.94. The lowest BCUT2D eigenvalue weighted by Gasteiger charge is -2.05. The van der Waals surface area contributed by atoms with E-state index in [1.807, 2.05) is 0 Å². The zero-order valence-electron chi connectivity index (χ0n) is 11.1. The van der Waals surface area contributed by atoms with Gasteiger partial charge in [0.15, 0.2) is 5.03 Å². The number of aryl methyl sites for hydroxylation is 1. The Morgan fingerprint density at radius 3 is 2.95 bits per heavy atom. The maximum Gasteiger partial charge on any atom is 0.329 e. The van der Waals surface area contributed by atoms with Crippen LogP contribution in [0.2, 0.25) is 5.02 Å². The van der Waals surface area contributed by atoms with Crippen molar-refractivity contribution in [2.24, 2.45) is 7.05 Å². The second-order valence-electron chi connectivity index (χ2n) is 4.62. The Balaban J connectivity index is 1.83. The van der Waals surface area contributed by atoms with Crippen molar-refractivity contribution in [2.45, 2.75) is 23.9 Å². The molecule has 21 heavy (non-hydrogen) atoms. The molecule has 114 valence electrons. The van der Waals surface area contributed by atoms with Gasteiger partial charge in [-0.2, -0.15) is 13.5 Å². The first-order valence-electron chi connectivity index (χ1n) is 6.24. The second kappa shape index (κ2) is 5.28. The van der Waals surface area contributed by atoms with E-state index in [2.05, 4.69) is 25.3 Å². The van der Waals surface area contributed by atoms with Crippen LogP contribution in [0.4, 0.5) is 6.01 Å². The second-order valence-corrected chi connectivity index (χ2v) is 6.63. The number of hydrogen-bond donors (Lipinski definition) is 2. The van der Waals surface area contributed by atoms with Gasteiger partial charge in [-0.3, -0.25) is 4.68 Å². The highest BCUT2D eigenvalue weighted by Gasteiger charge is 2.27. The van der Waals surface area contributed by atoms with E-state index in [9.17, 15) is 8.42 Å². The third kappa shape index (κ3) is 2.74. The number of hydrogen-bond acceptors (Lipinski definition) is 7. The summed E-state index contributed by atoms with van der Waals surface area (Å²) in [5.41, 5.74) is 0. The van der Waals surface area contributed by atoms with Crippen LogP contribution in [0, 0.1) is 0 Å². The molecule has 1 unspecified atom stereocenters. The Kier molecular flexibility index (Phi) is 3.59. The summed E-state index contributed by atoms with van der Waals surface area (Å²) < 4.78 is 33.2. The van der Waals surface area contributed by atoms with Crippen molar-refractivity contribution in [2.75, 3.05) is 11.3 Å². The van der Waals surface area contributed by atoms with Gasteiger partial charge in [0.25, 0.3) is 10.0 Å². The zero-order valence-corrected chi connectivity index (χ0v) is 12.6. The molecule has 1 atom stereocenters. The van der Waals surface area contributed by atoms with Crippen molar-refractivity contribution < 1.29 is 12.8 Å². The number of nitrogens with zero attached hydrogens (tertiary/aromatic N) is 4. The third-order valence-electron chi connectivity index (χ3n) is 3.12. The molecule has 0 saturated carbocycles. The first kappa shape index (κ1) is 14.3. The van der Waals surface area contributed by atoms with Gasteiger partial charge in [0.1, 0.15) is 0 Å². The van der Waals surface area contributed by atoms with Crippen molar-refractivity contribution in [3.63, 3.8) is 0 Å². The Morgan fingerprint density at radius 1 is 1.52 bits per heavy atom. The monoisotopic (exact) mass is 332 g/mol. The quantitative estimate of drug-likeness (QED) is 0.846. The predicted octanol–water partition coefficient (Wildman–Crippen LogP) is 0.682. The summed E-state index contributed by atoms with van der Waals surface area (Å²) in [5, 5.41) is 14.4. The van der Waals surface area contributed by atoms with E-state index in [0.29, 0.717) is 5.89 Å². The lowest BCUT2D eigenvalue weighted by Crippen LogP contribution is -2.17. The van der Waals surface area contributed by atoms with Crippen LogP contribution < -0.4 is 10.0 Å². The fourth-order valence-corrected chi connectivity index (χ4v) is 3.76. The highest BCUT2D eigenvalue weighted by Crippen LogP contribution is 2.25. The molecule has 2 aromatic rings. The molecule has 2 N–H and O–H groups in total. The van der Waals surface area contributed by atoms with Crippen molar-refractivity contribution in [3.05, 3.63) is 17.1 Å². The number of nitrogens with one attached hydrogen (secondary N) is 2. The molecule has 0 radical (unpaired) electrons. The van der Waals surface area contributed by atoms with Gasteiger partial charge < -0.3 is 9.73 Å².